The van der Waals surface area contributed by atoms with Crippen molar-refractivity contribution in [1.82, 2.24) is 4.72 Å². The highest BCUT2D eigenvalue weighted by atomic mass is 32.2. The van der Waals surface area contributed by atoms with Gasteiger partial charge in [0.2, 0.25) is 10.0 Å². The minimum absolute atomic E-state index is 0.00347. The summed E-state index contributed by atoms with van der Waals surface area (Å²) in [5, 5.41) is 17.3. The summed E-state index contributed by atoms with van der Waals surface area (Å²) in [5.74, 6) is 0.0271. The zero-order valence-corrected chi connectivity index (χ0v) is 8.71. The molecular formula is C7H17NO4S. The molecule has 0 aromatic rings. The summed E-state index contributed by atoms with van der Waals surface area (Å²) < 4.78 is 24.7. The zero-order valence-electron chi connectivity index (χ0n) is 7.90. The summed E-state index contributed by atoms with van der Waals surface area (Å²) in [6.07, 6.45) is 0. The first kappa shape index (κ1) is 12.8. The van der Waals surface area contributed by atoms with Crippen molar-refractivity contribution in [3.05, 3.63) is 0 Å². The summed E-state index contributed by atoms with van der Waals surface area (Å²) in [6.45, 7) is 2.78. The van der Waals surface area contributed by atoms with Crippen molar-refractivity contribution in [1.29, 1.82) is 0 Å². The smallest absolute Gasteiger partial charge is 0.212 e. The van der Waals surface area contributed by atoms with Gasteiger partial charge < -0.3 is 10.2 Å². The van der Waals surface area contributed by atoms with Crippen LogP contribution in [-0.4, -0.2) is 43.6 Å². The largest absolute Gasteiger partial charge is 0.395 e. The van der Waals surface area contributed by atoms with Gasteiger partial charge in [-0.15, -0.1) is 0 Å². The number of hydrogen-bond donors (Lipinski definition) is 3. The van der Waals surface area contributed by atoms with Crippen LogP contribution in [0.4, 0.5) is 0 Å². The van der Waals surface area contributed by atoms with E-state index in [1.807, 2.05) is 0 Å². The first-order chi connectivity index (χ1) is 5.91. The van der Waals surface area contributed by atoms with E-state index in [0.717, 1.165) is 0 Å². The Morgan fingerprint density at radius 2 is 1.69 bits per heavy atom. The molecular weight excluding hydrogens is 194 g/mol. The second kappa shape index (κ2) is 5.54. The highest BCUT2D eigenvalue weighted by Gasteiger charge is 2.17. The predicted octanol–water partition coefficient (Wildman–Crippen LogP) is -1.08. The van der Waals surface area contributed by atoms with Gasteiger partial charge in [0.25, 0.3) is 0 Å². The van der Waals surface area contributed by atoms with E-state index in [1.165, 1.54) is 0 Å². The van der Waals surface area contributed by atoms with Crippen LogP contribution in [0.15, 0.2) is 0 Å². The average Bonchev–Trinajstić information content (AvgIpc) is 1.97. The summed E-state index contributed by atoms with van der Waals surface area (Å²) in [6, 6.07) is -0.788. The van der Waals surface area contributed by atoms with Crippen molar-refractivity contribution in [2.45, 2.75) is 19.9 Å². The third kappa shape index (κ3) is 5.98. The topological polar surface area (TPSA) is 86.6 Å². The van der Waals surface area contributed by atoms with E-state index in [4.69, 9.17) is 10.2 Å². The number of rotatable bonds is 6. The van der Waals surface area contributed by atoms with Gasteiger partial charge >= 0.3 is 0 Å². The molecule has 0 saturated carbocycles. The molecule has 13 heavy (non-hydrogen) atoms. The molecule has 0 aliphatic carbocycles. The summed E-state index contributed by atoms with van der Waals surface area (Å²) in [7, 11) is -3.37. The third-order valence-electron chi connectivity index (χ3n) is 1.34. The van der Waals surface area contributed by atoms with Crippen LogP contribution in [0, 0.1) is 5.92 Å². The van der Waals surface area contributed by atoms with E-state index in [-0.39, 0.29) is 11.7 Å². The maximum absolute atomic E-state index is 11.2. The molecule has 3 N–H and O–H groups in total. The van der Waals surface area contributed by atoms with Crippen molar-refractivity contribution in [3.8, 4) is 0 Å². The number of nitrogens with one attached hydrogen (secondary N) is 1. The van der Waals surface area contributed by atoms with Gasteiger partial charge in [0, 0.05) is 0 Å². The molecule has 0 saturated heterocycles. The maximum atomic E-state index is 11.2. The fraction of sp³-hybridized carbons (Fsp3) is 1.00. The molecule has 0 bridgehead atoms. The summed E-state index contributed by atoms with van der Waals surface area (Å²) in [4.78, 5) is 0. The van der Waals surface area contributed by atoms with E-state index < -0.39 is 29.3 Å². The van der Waals surface area contributed by atoms with Crippen LogP contribution in [0.3, 0.4) is 0 Å². The van der Waals surface area contributed by atoms with Crippen LogP contribution in [0.5, 0.6) is 0 Å². The fourth-order valence-electron chi connectivity index (χ4n) is 0.873. The van der Waals surface area contributed by atoms with Crippen LogP contribution >= 0.6 is 0 Å². The molecule has 0 rings (SSSR count). The van der Waals surface area contributed by atoms with E-state index in [0.29, 0.717) is 0 Å². The molecule has 0 unspecified atom stereocenters. The minimum Gasteiger partial charge on any atom is -0.395 e. The van der Waals surface area contributed by atoms with E-state index in [1.54, 1.807) is 13.8 Å². The van der Waals surface area contributed by atoms with Crippen molar-refractivity contribution in [2.24, 2.45) is 5.92 Å². The zero-order chi connectivity index (χ0) is 10.5. The van der Waals surface area contributed by atoms with Gasteiger partial charge in [0.1, 0.15) is 0 Å². The minimum atomic E-state index is -3.37. The van der Waals surface area contributed by atoms with E-state index in [9.17, 15) is 8.42 Å². The second-order valence-corrected chi connectivity index (χ2v) is 5.15. The van der Waals surface area contributed by atoms with Gasteiger partial charge in [0.15, 0.2) is 0 Å². The lowest BCUT2D eigenvalue weighted by Gasteiger charge is -2.14. The standard InChI is InChI=1S/C7H17NO4S/c1-6(2)5-13(11,12)8-7(3-9)4-10/h6-10H,3-5H2,1-2H3. The second-order valence-electron chi connectivity index (χ2n) is 3.36. The van der Waals surface area contributed by atoms with Gasteiger partial charge in [-0.3, -0.25) is 0 Å². The molecule has 0 amide bonds. The lowest BCUT2D eigenvalue weighted by atomic mass is 10.3. The molecule has 0 radical (unpaired) electrons. The first-order valence-electron chi connectivity index (χ1n) is 4.13. The highest BCUT2D eigenvalue weighted by molar-refractivity contribution is 7.89. The van der Waals surface area contributed by atoms with Gasteiger partial charge in [-0.1, -0.05) is 13.8 Å². The van der Waals surface area contributed by atoms with Gasteiger partial charge in [-0.25, -0.2) is 13.1 Å². The molecule has 0 fully saturated rings. The molecule has 0 aliphatic rings. The van der Waals surface area contributed by atoms with E-state index >= 15 is 0 Å². The normalized spacial score (nSPS) is 12.8. The van der Waals surface area contributed by atoms with E-state index in [2.05, 4.69) is 4.72 Å². The Bertz CT molecular complexity index is 221. The Labute approximate surface area is 78.8 Å². The molecule has 80 valence electrons. The van der Waals surface area contributed by atoms with Crippen molar-refractivity contribution in [3.63, 3.8) is 0 Å². The van der Waals surface area contributed by atoms with Crippen molar-refractivity contribution >= 4 is 10.0 Å². The molecule has 0 heterocycles. The molecule has 0 aliphatic heterocycles. The SMILES string of the molecule is CC(C)CS(=O)(=O)NC(CO)CO. The number of hydrogen-bond acceptors (Lipinski definition) is 4. The Kier molecular flexibility index (Phi) is 5.46. The van der Waals surface area contributed by atoms with Crippen molar-refractivity contribution < 1.29 is 18.6 Å². The number of sulfonamides is 1. The van der Waals surface area contributed by atoms with Crippen LogP contribution < -0.4 is 4.72 Å². The Morgan fingerprint density at radius 3 is 2.00 bits per heavy atom. The first-order valence-corrected chi connectivity index (χ1v) is 5.78. The van der Waals surface area contributed by atoms with Gasteiger partial charge in [0.05, 0.1) is 25.0 Å². The molecule has 5 nitrogen and oxygen atoms in total. The third-order valence-corrected chi connectivity index (χ3v) is 3.14. The highest BCUT2D eigenvalue weighted by Crippen LogP contribution is 1.98. The Balaban J connectivity index is 4.16. The molecule has 0 atom stereocenters. The average molecular weight is 211 g/mol. The Morgan fingerprint density at radius 1 is 1.23 bits per heavy atom. The molecule has 6 heteroatoms. The van der Waals surface area contributed by atoms with Crippen LogP contribution in [0.1, 0.15) is 13.8 Å². The lowest BCUT2D eigenvalue weighted by molar-refractivity contribution is 0.185. The monoisotopic (exact) mass is 211 g/mol. The van der Waals surface area contributed by atoms with Crippen molar-refractivity contribution in [2.75, 3.05) is 19.0 Å². The fourth-order valence-corrected chi connectivity index (χ4v) is 2.50. The Hall–Kier alpha value is -0.170. The van der Waals surface area contributed by atoms with Crippen LogP contribution in [-0.2, 0) is 10.0 Å². The number of aliphatic hydroxyl groups is 2. The molecule has 0 aromatic heterocycles. The quantitative estimate of drug-likeness (QED) is 0.521. The van der Waals surface area contributed by atoms with Gasteiger partial charge in [-0.05, 0) is 5.92 Å². The maximum Gasteiger partial charge on any atom is 0.212 e. The van der Waals surface area contributed by atoms with Crippen LogP contribution in [0.25, 0.3) is 0 Å². The summed E-state index contributed by atoms with van der Waals surface area (Å²) >= 11 is 0. The predicted molar refractivity (Wildman–Crippen MR) is 49.7 cm³/mol. The molecule has 0 spiro atoms. The van der Waals surface area contributed by atoms with Gasteiger partial charge in [-0.2, -0.15) is 0 Å². The summed E-state index contributed by atoms with van der Waals surface area (Å²) in [5.41, 5.74) is 0. The number of aliphatic hydroxyl groups excluding tert-OH is 2. The molecule has 0 aromatic carbocycles. The lowest BCUT2D eigenvalue weighted by Crippen LogP contribution is -2.41. The van der Waals surface area contributed by atoms with Crippen LogP contribution in [0.2, 0.25) is 0 Å².